The molecule has 1 heterocycles. The molecule has 1 saturated heterocycles. The Kier molecular flexibility index (Phi) is 6.30. The van der Waals surface area contributed by atoms with Crippen LogP contribution in [0.15, 0.2) is 0 Å². The Morgan fingerprint density at radius 3 is 2.50 bits per heavy atom. The van der Waals surface area contributed by atoms with E-state index in [9.17, 15) is 4.79 Å². The van der Waals surface area contributed by atoms with Crippen LogP contribution in [0.1, 0.15) is 44.9 Å². The van der Waals surface area contributed by atoms with Crippen LogP contribution < -0.4 is 0 Å². The van der Waals surface area contributed by atoms with Gasteiger partial charge in [-0.1, -0.05) is 12.8 Å². The summed E-state index contributed by atoms with van der Waals surface area (Å²) in [6.45, 7) is 3.47. The maximum atomic E-state index is 12.2. The summed E-state index contributed by atoms with van der Waals surface area (Å²) in [5, 5.41) is 0. The fourth-order valence-corrected chi connectivity index (χ4v) is 3.33. The van der Waals surface area contributed by atoms with Gasteiger partial charge in [-0.15, -0.1) is 0 Å². The highest BCUT2D eigenvalue weighted by atomic mass is 16.5. The quantitative estimate of drug-likeness (QED) is 0.748. The van der Waals surface area contributed by atoms with Crippen LogP contribution in [0.3, 0.4) is 0 Å². The van der Waals surface area contributed by atoms with Gasteiger partial charge < -0.3 is 14.5 Å². The zero-order valence-corrected chi connectivity index (χ0v) is 13.1. The predicted molar refractivity (Wildman–Crippen MR) is 80.7 cm³/mol. The van der Waals surface area contributed by atoms with Crippen LogP contribution >= 0.6 is 0 Å². The van der Waals surface area contributed by atoms with Crippen LogP contribution in [0.5, 0.6) is 0 Å². The van der Waals surface area contributed by atoms with Crippen LogP contribution in [0.2, 0.25) is 0 Å². The van der Waals surface area contributed by atoms with Gasteiger partial charge in [0, 0.05) is 45.8 Å². The topological polar surface area (TPSA) is 32.8 Å². The van der Waals surface area contributed by atoms with E-state index in [-0.39, 0.29) is 5.91 Å². The van der Waals surface area contributed by atoms with E-state index in [1.165, 1.54) is 25.7 Å². The van der Waals surface area contributed by atoms with Crippen LogP contribution in [0.25, 0.3) is 0 Å². The zero-order valence-electron chi connectivity index (χ0n) is 13.1. The lowest BCUT2D eigenvalue weighted by Crippen LogP contribution is -2.39. The normalized spacial score (nSPS) is 24.2. The van der Waals surface area contributed by atoms with Crippen molar-refractivity contribution in [3.8, 4) is 0 Å². The Balaban J connectivity index is 1.65. The average molecular weight is 282 g/mol. The number of hydrogen-bond donors (Lipinski definition) is 0. The number of likely N-dealkylation sites (N-methyl/N-ethyl adjacent to an activating group) is 2. The van der Waals surface area contributed by atoms with Gasteiger partial charge in [0.15, 0.2) is 0 Å². The lowest BCUT2D eigenvalue weighted by Gasteiger charge is -2.28. The summed E-state index contributed by atoms with van der Waals surface area (Å²) in [6.07, 6.45) is 8.29. The lowest BCUT2D eigenvalue weighted by molar-refractivity contribution is -0.132. The first-order valence-electron chi connectivity index (χ1n) is 8.18. The summed E-state index contributed by atoms with van der Waals surface area (Å²) in [7, 11) is 4.14. The van der Waals surface area contributed by atoms with Crippen LogP contribution in [-0.2, 0) is 9.53 Å². The van der Waals surface area contributed by atoms with Crippen molar-refractivity contribution in [3.05, 3.63) is 0 Å². The van der Waals surface area contributed by atoms with Crippen molar-refractivity contribution in [1.82, 2.24) is 9.80 Å². The van der Waals surface area contributed by atoms with Crippen molar-refractivity contribution in [1.29, 1.82) is 0 Å². The molecule has 4 heteroatoms. The molecule has 0 spiro atoms. The van der Waals surface area contributed by atoms with Gasteiger partial charge in [-0.25, -0.2) is 0 Å². The van der Waals surface area contributed by atoms with Crippen molar-refractivity contribution in [2.24, 2.45) is 5.92 Å². The van der Waals surface area contributed by atoms with Gasteiger partial charge in [0.2, 0.25) is 5.91 Å². The van der Waals surface area contributed by atoms with Gasteiger partial charge in [0.1, 0.15) is 0 Å². The molecule has 1 aliphatic carbocycles. The predicted octanol–water partition coefficient (Wildman–Crippen LogP) is 2.14. The van der Waals surface area contributed by atoms with E-state index in [0.29, 0.717) is 12.3 Å². The highest BCUT2D eigenvalue weighted by Crippen LogP contribution is 2.22. The van der Waals surface area contributed by atoms with Gasteiger partial charge in [-0.2, -0.15) is 0 Å². The summed E-state index contributed by atoms with van der Waals surface area (Å²) >= 11 is 0. The Labute approximate surface area is 123 Å². The third-order valence-corrected chi connectivity index (χ3v) is 4.88. The molecule has 1 amide bonds. The number of hydrogen-bond acceptors (Lipinski definition) is 3. The highest BCUT2D eigenvalue weighted by Gasteiger charge is 2.22. The molecule has 1 atom stereocenters. The molecule has 4 nitrogen and oxygen atoms in total. The van der Waals surface area contributed by atoms with E-state index in [1.807, 2.05) is 11.9 Å². The second kappa shape index (κ2) is 7.99. The summed E-state index contributed by atoms with van der Waals surface area (Å²) in [5.41, 5.74) is 0. The lowest BCUT2D eigenvalue weighted by atomic mass is 9.98. The molecular weight excluding hydrogens is 252 g/mol. The fourth-order valence-electron chi connectivity index (χ4n) is 3.33. The third kappa shape index (κ3) is 4.74. The molecule has 0 aromatic heterocycles. The van der Waals surface area contributed by atoms with Crippen molar-refractivity contribution < 1.29 is 9.53 Å². The minimum Gasteiger partial charge on any atom is -0.381 e. The molecule has 2 aliphatic rings. The van der Waals surface area contributed by atoms with Crippen molar-refractivity contribution in [2.45, 2.75) is 51.0 Å². The van der Waals surface area contributed by atoms with E-state index in [4.69, 9.17) is 4.74 Å². The molecule has 1 aliphatic heterocycles. The van der Waals surface area contributed by atoms with Gasteiger partial charge in [0.05, 0.1) is 0 Å². The molecule has 0 N–H and O–H groups in total. The van der Waals surface area contributed by atoms with Gasteiger partial charge >= 0.3 is 0 Å². The Morgan fingerprint density at radius 1 is 1.10 bits per heavy atom. The highest BCUT2D eigenvalue weighted by molar-refractivity contribution is 5.76. The molecule has 20 heavy (non-hydrogen) atoms. The van der Waals surface area contributed by atoms with Crippen molar-refractivity contribution >= 4 is 5.91 Å². The number of amides is 1. The number of rotatable bonds is 6. The molecular formula is C16H30N2O2. The summed E-state index contributed by atoms with van der Waals surface area (Å²) in [5.74, 6) is 0.714. The zero-order chi connectivity index (χ0) is 14.4. The Morgan fingerprint density at radius 2 is 1.85 bits per heavy atom. The van der Waals surface area contributed by atoms with Crippen molar-refractivity contribution in [2.75, 3.05) is 40.4 Å². The Hall–Kier alpha value is -0.610. The number of carbonyl (C=O) groups excluding carboxylic acids is 1. The van der Waals surface area contributed by atoms with Crippen LogP contribution in [0.4, 0.5) is 0 Å². The Bertz CT molecular complexity index is 297. The molecule has 116 valence electrons. The fraction of sp³-hybridized carbons (Fsp3) is 0.938. The molecule has 0 bridgehead atoms. The van der Waals surface area contributed by atoms with Crippen LogP contribution in [0, 0.1) is 5.92 Å². The molecule has 0 aromatic rings. The maximum Gasteiger partial charge on any atom is 0.222 e. The van der Waals surface area contributed by atoms with Crippen LogP contribution in [-0.4, -0.2) is 62.1 Å². The number of nitrogens with zero attached hydrogens (tertiary/aromatic N) is 2. The number of carbonyl (C=O) groups is 1. The van der Waals surface area contributed by atoms with Gasteiger partial charge in [-0.3, -0.25) is 4.79 Å². The van der Waals surface area contributed by atoms with E-state index in [0.717, 1.165) is 45.2 Å². The maximum absolute atomic E-state index is 12.2. The molecule has 1 saturated carbocycles. The van der Waals surface area contributed by atoms with E-state index < -0.39 is 0 Å². The summed E-state index contributed by atoms with van der Waals surface area (Å²) in [6, 6.07) is 0.741. The van der Waals surface area contributed by atoms with E-state index >= 15 is 0 Å². The molecule has 1 unspecified atom stereocenters. The molecule has 0 aromatic carbocycles. The van der Waals surface area contributed by atoms with E-state index in [2.05, 4.69) is 11.9 Å². The first kappa shape index (κ1) is 15.8. The van der Waals surface area contributed by atoms with Gasteiger partial charge in [0.25, 0.3) is 0 Å². The smallest absolute Gasteiger partial charge is 0.222 e. The first-order valence-corrected chi connectivity index (χ1v) is 8.18. The summed E-state index contributed by atoms with van der Waals surface area (Å²) in [4.78, 5) is 16.5. The second-order valence-corrected chi connectivity index (χ2v) is 6.52. The SMILES string of the molecule is CN(CCN(C)C1CCCC1)C(=O)CC1CCCOC1. The molecule has 2 rings (SSSR count). The van der Waals surface area contributed by atoms with Crippen molar-refractivity contribution in [3.63, 3.8) is 0 Å². The minimum atomic E-state index is 0.278. The third-order valence-electron chi connectivity index (χ3n) is 4.88. The summed E-state index contributed by atoms with van der Waals surface area (Å²) < 4.78 is 5.45. The monoisotopic (exact) mass is 282 g/mol. The largest absolute Gasteiger partial charge is 0.381 e. The average Bonchev–Trinajstić information content (AvgIpc) is 2.99. The molecule has 2 fully saturated rings. The second-order valence-electron chi connectivity index (χ2n) is 6.52. The van der Waals surface area contributed by atoms with Gasteiger partial charge in [-0.05, 0) is 38.6 Å². The standard InChI is InChI=1S/C16H30N2O2/c1-17(15-7-3-4-8-15)9-10-18(2)16(19)12-14-6-5-11-20-13-14/h14-15H,3-13H2,1-2H3. The molecule has 0 radical (unpaired) electrons. The number of ether oxygens (including phenoxy) is 1. The minimum absolute atomic E-state index is 0.278. The van der Waals surface area contributed by atoms with E-state index in [1.54, 1.807) is 0 Å². The first-order chi connectivity index (χ1) is 9.66.